The molecule has 0 spiro atoms. The molecule has 4 aromatic rings. The largest absolute Gasteiger partial charge is 0.409 e. The summed E-state index contributed by atoms with van der Waals surface area (Å²) in [5.74, 6) is -0.347. The maximum atomic E-state index is 14.0. The first-order valence-electron chi connectivity index (χ1n) is 7.82. The Hall–Kier alpha value is -3.74. The summed E-state index contributed by atoms with van der Waals surface area (Å²) in [4.78, 5) is 8.16. The molecule has 0 aliphatic heterocycles. The van der Waals surface area contributed by atoms with Crippen LogP contribution < -0.4 is 5.73 Å². The Morgan fingerprint density at radius 3 is 2.85 bits per heavy atom. The van der Waals surface area contributed by atoms with Gasteiger partial charge in [-0.3, -0.25) is 9.55 Å². The molecule has 0 aliphatic carbocycles. The van der Waals surface area contributed by atoms with Gasteiger partial charge in [-0.1, -0.05) is 17.3 Å². The van der Waals surface area contributed by atoms with E-state index in [1.807, 2.05) is 34.9 Å². The van der Waals surface area contributed by atoms with Gasteiger partial charge in [-0.2, -0.15) is 0 Å². The third-order valence-electron chi connectivity index (χ3n) is 4.16. The van der Waals surface area contributed by atoms with Gasteiger partial charge < -0.3 is 10.9 Å². The summed E-state index contributed by atoms with van der Waals surface area (Å²) in [7, 11) is 0. The number of nitrogens with zero attached hydrogens (tertiary/aromatic N) is 4. The number of imidazole rings is 1. The fraction of sp³-hybridized carbons (Fsp3) is 0. The van der Waals surface area contributed by atoms with Crippen molar-refractivity contribution in [2.75, 3.05) is 0 Å². The predicted octanol–water partition coefficient (Wildman–Crippen LogP) is 3.32. The van der Waals surface area contributed by atoms with Crippen LogP contribution >= 0.6 is 0 Å². The van der Waals surface area contributed by atoms with Crippen LogP contribution in [0.3, 0.4) is 0 Å². The molecule has 0 radical (unpaired) electrons. The van der Waals surface area contributed by atoms with Crippen LogP contribution in [0.1, 0.15) is 5.56 Å². The van der Waals surface area contributed by atoms with E-state index in [-0.39, 0.29) is 11.7 Å². The van der Waals surface area contributed by atoms with E-state index in [2.05, 4.69) is 15.1 Å². The lowest BCUT2D eigenvalue weighted by Gasteiger charge is -2.08. The van der Waals surface area contributed by atoms with E-state index in [1.54, 1.807) is 30.7 Å². The minimum Gasteiger partial charge on any atom is -0.409 e. The molecule has 0 saturated carbocycles. The Morgan fingerprint density at radius 2 is 2.04 bits per heavy atom. The molecule has 2 heterocycles. The van der Waals surface area contributed by atoms with Crippen molar-refractivity contribution in [2.24, 2.45) is 10.9 Å². The second-order valence-corrected chi connectivity index (χ2v) is 5.71. The summed E-state index contributed by atoms with van der Waals surface area (Å²) in [6.45, 7) is 0. The van der Waals surface area contributed by atoms with Gasteiger partial charge in [0.25, 0.3) is 0 Å². The highest BCUT2D eigenvalue weighted by molar-refractivity contribution is 5.99. The number of nitrogens with two attached hydrogens (primary N) is 1. The maximum Gasteiger partial charge on any atom is 0.170 e. The number of amidine groups is 1. The minimum absolute atomic E-state index is 0.0246. The van der Waals surface area contributed by atoms with Gasteiger partial charge in [-0.05, 0) is 42.0 Å². The molecule has 0 amide bonds. The maximum absolute atomic E-state index is 14.0. The van der Waals surface area contributed by atoms with Crippen molar-refractivity contribution in [3.63, 3.8) is 0 Å². The highest BCUT2D eigenvalue weighted by atomic mass is 19.1. The zero-order chi connectivity index (χ0) is 18.1. The van der Waals surface area contributed by atoms with E-state index < -0.39 is 0 Å². The fourth-order valence-electron chi connectivity index (χ4n) is 2.87. The molecule has 7 heteroatoms. The monoisotopic (exact) mass is 347 g/mol. The normalized spacial score (nSPS) is 11.8. The number of benzene rings is 2. The van der Waals surface area contributed by atoms with Crippen LogP contribution in [0.15, 0.2) is 72.4 Å². The van der Waals surface area contributed by atoms with Gasteiger partial charge in [0.05, 0.1) is 17.2 Å². The molecule has 0 bridgehead atoms. The van der Waals surface area contributed by atoms with E-state index in [0.717, 1.165) is 16.8 Å². The van der Waals surface area contributed by atoms with Crippen molar-refractivity contribution >= 4 is 16.9 Å². The van der Waals surface area contributed by atoms with Crippen molar-refractivity contribution in [2.45, 2.75) is 0 Å². The SMILES string of the molecule is N/C(=N\O)c1ccc2c(c1)ncn2-c1cccc(-c2ccncc2F)c1. The van der Waals surface area contributed by atoms with Gasteiger partial charge in [0, 0.05) is 23.0 Å². The Labute approximate surface area is 148 Å². The summed E-state index contributed by atoms with van der Waals surface area (Å²) < 4.78 is 15.9. The zero-order valence-electron chi connectivity index (χ0n) is 13.5. The van der Waals surface area contributed by atoms with Gasteiger partial charge in [0.15, 0.2) is 5.84 Å². The quantitative estimate of drug-likeness (QED) is 0.257. The molecule has 6 nitrogen and oxygen atoms in total. The van der Waals surface area contributed by atoms with Crippen LogP contribution in [-0.4, -0.2) is 25.6 Å². The second-order valence-electron chi connectivity index (χ2n) is 5.71. The molecule has 0 unspecified atom stereocenters. The van der Waals surface area contributed by atoms with Crippen molar-refractivity contribution in [3.8, 4) is 16.8 Å². The molecular formula is C19H14FN5O. The second kappa shape index (κ2) is 6.29. The molecule has 3 N–H and O–H groups in total. The van der Waals surface area contributed by atoms with Crippen LogP contribution in [0.4, 0.5) is 4.39 Å². The van der Waals surface area contributed by atoms with Crippen molar-refractivity contribution < 1.29 is 9.60 Å². The lowest BCUT2D eigenvalue weighted by molar-refractivity contribution is 0.318. The molecule has 0 saturated heterocycles. The Morgan fingerprint density at radius 1 is 1.15 bits per heavy atom. The van der Waals surface area contributed by atoms with E-state index >= 15 is 0 Å². The van der Waals surface area contributed by atoms with Gasteiger partial charge in [-0.25, -0.2) is 9.37 Å². The number of rotatable bonds is 3. The first-order valence-corrected chi connectivity index (χ1v) is 7.82. The Bertz CT molecular complexity index is 1140. The third kappa shape index (κ3) is 2.65. The summed E-state index contributed by atoms with van der Waals surface area (Å²) in [6, 6.07) is 14.5. The molecule has 0 atom stereocenters. The molecule has 2 aromatic heterocycles. The van der Waals surface area contributed by atoms with Crippen molar-refractivity contribution in [1.82, 2.24) is 14.5 Å². The molecular weight excluding hydrogens is 333 g/mol. The fourth-order valence-corrected chi connectivity index (χ4v) is 2.87. The van der Waals surface area contributed by atoms with Crippen LogP contribution in [0.5, 0.6) is 0 Å². The zero-order valence-corrected chi connectivity index (χ0v) is 13.5. The Balaban J connectivity index is 1.81. The summed E-state index contributed by atoms with van der Waals surface area (Å²) in [5, 5.41) is 11.8. The highest BCUT2D eigenvalue weighted by Crippen LogP contribution is 2.26. The number of aromatic nitrogens is 3. The molecule has 0 fully saturated rings. The van der Waals surface area contributed by atoms with Crippen molar-refractivity contribution in [1.29, 1.82) is 0 Å². The van der Waals surface area contributed by atoms with Crippen LogP contribution in [0, 0.1) is 5.82 Å². The van der Waals surface area contributed by atoms with E-state index in [4.69, 9.17) is 10.9 Å². The topological polar surface area (TPSA) is 89.3 Å². The number of pyridine rings is 1. The van der Waals surface area contributed by atoms with Gasteiger partial charge in [-0.15, -0.1) is 0 Å². The lowest BCUT2D eigenvalue weighted by atomic mass is 10.1. The molecule has 128 valence electrons. The van der Waals surface area contributed by atoms with E-state index in [0.29, 0.717) is 16.6 Å². The molecule has 26 heavy (non-hydrogen) atoms. The standard InChI is InChI=1S/C19H14FN5O/c20-16-10-22-7-6-15(16)12-2-1-3-14(8-12)25-11-23-17-9-13(19(21)24-26)4-5-18(17)25/h1-11,26H,(H2,21,24). The highest BCUT2D eigenvalue weighted by Gasteiger charge is 2.10. The average molecular weight is 347 g/mol. The summed E-state index contributed by atoms with van der Waals surface area (Å²) >= 11 is 0. The van der Waals surface area contributed by atoms with Gasteiger partial charge in [0.1, 0.15) is 12.1 Å². The van der Waals surface area contributed by atoms with E-state index in [9.17, 15) is 4.39 Å². The molecule has 0 aliphatic rings. The lowest BCUT2D eigenvalue weighted by Crippen LogP contribution is -2.12. The Kier molecular flexibility index (Phi) is 3.81. The number of fused-ring (bicyclic) bond motifs is 1. The van der Waals surface area contributed by atoms with Gasteiger partial charge >= 0.3 is 0 Å². The molecule has 4 rings (SSSR count). The van der Waals surface area contributed by atoms with Gasteiger partial charge in [0.2, 0.25) is 0 Å². The smallest absolute Gasteiger partial charge is 0.170 e. The summed E-state index contributed by atoms with van der Waals surface area (Å²) in [6.07, 6.45) is 4.44. The van der Waals surface area contributed by atoms with E-state index in [1.165, 1.54) is 6.20 Å². The minimum atomic E-state index is -0.372. The average Bonchev–Trinajstić information content (AvgIpc) is 3.11. The molecule has 2 aromatic carbocycles. The first-order chi connectivity index (χ1) is 12.7. The number of hydrogen-bond donors (Lipinski definition) is 2. The number of halogens is 1. The number of hydrogen-bond acceptors (Lipinski definition) is 4. The van der Waals surface area contributed by atoms with Crippen LogP contribution in [-0.2, 0) is 0 Å². The predicted molar refractivity (Wildman–Crippen MR) is 96.8 cm³/mol. The van der Waals surface area contributed by atoms with Crippen molar-refractivity contribution in [3.05, 3.63) is 78.6 Å². The number of oxime groups is 1. The summed E-state index contributed by atoms with van der Waals surface area (Å²) in [5.41, 5.74) is 9.84. The van der Waals surface area contributed by atoms with Crippen LogP contribution in [0.2, 0.25) is 0 Å². The third-order valence-corrected chi connectivity index (χ3v) is 4.16. The first kappa shape index (κ1) is 15.8. The van der Waals surface area contributed by atoms with Crippen LogP contribution in [0.25, 0.3) is 27.8 Å².